The van der Waals surface area contributed by atoms with E-state index in [1.807, 2.05) is 0 Å². The second kappa shape index (κ2) is 13.6. The van der Waals surface area contributed by atoms with Gasteiger partial charge >= 0.3 is 5.97 Å². The van der Waals surface area contributed by atoms with Gasteiger partial charge in [-0.05, 0) is 49.2 Å². The topological polar surface area (TPSA) is 155 Å². The van der Waals surface area contributed by atoms with Crippen LogP contribution in [0.15, 0.2) is 59.8 Å². The summed E-state index contributed by atoms with van der Waals surface area (Å²) < 4.78 is 32.8. The molecule has 234 valence electrons. The lowest BCUT2D eigenvalue weighted by Gasteiger charge is -2.31. The Bertz CT molecular complexity index is 1660. The Balaban J connectivity index is 1.52. The van der Waals surface area contributed by atoms with Crippen LogP contribution in [0.25, 0.3) is 0 Å². The summed E-state index contributed by atoms with van der Waals surface area (Å²) in [5.74, 6) is -2.26. The van der Waals surface area contributed by atoms with Crippen molar-refractivity contribution in [3.63, 3.8) is 0 Å². The Hall–Kier alpha value is -2.97. The Labute approximate surface area is 273 Å². The number of nitrogens with zero attached hydrogens (tertiary/aromatic N) is 2. The summed E-state index contributed by atoms with van der Waals surface area (Å²) in [4.78, 5) is 42.5. The number of sulfonamides is 1. The second-order valence-electron chi connectivity index (χ2n) is 10.1. The maximum Gasteiger partial charge on any atom is 0.328 e. The fourth-order valence-electron chi connectivity index (χ4n) is 4.77. The number of halogens is 4. The van der Waals surface area contributed by atoms with Crippen LogP contribution in [-0.4, -0.2) is 71.9 Å². The summed E-state index contributed by atoms with van der Waals surface area (Å²) >= 11 is 24.1. The molecule has 0 spiro atoms. The smallest absolute Gasteiger partial charge is 0.328 e. The number of rotatable bonds is 9. The van der Waals surface area contributed by atoms with Gasteiger partial charge in [0.1, 0.15) is 12.1 Å². The summed E-state index contributed by atoms with van der Waals surface area (Å²) in [6.45, 7) is 1.16. The van der Waals surface area contributed by atoms with Crippen molar-refractivity contribution in [2.45, 2.75) is 42.3 Å². The Morgan fingerprint density at radius 2 is 1.66 bits per heavy atom. The van der Waals surface area contributed by atoms with Crippen LogP contribution in [0, 0.1) is 0 Å². The highest BCUT2D eigenvalue weighted by Gasteiger charge is 2.52. The molecule has 3 N–H and O–H groups in total. The van der Waals surface area contributed by atoms with E-state index in [0.29, 0.717) is 11.3 Å². The number of methoxy groups -OCH3 is 1. The number of aromatic nitrogens is 1. The first-order chi connectivity index (χ1) is 20.6. The van der Waals surface area contributed by atoms with Crippen molar-refractivity contribution in [3.05, 3.63) is 86.1 Å². The largest absolute Gasteiger partial charge is 0.467 e. The third-order valence-corrected chi connectivity index (χ3v) is 9.79. The molecular formula is C28H26Cl4N4O7S. The molecule has 1 aliphatic heterocycles. The van der Waals surface area contributed by atoms with Gasteiger partial charge in [0, 0.05) is 41.1 Å². The molecular weight excluding hydrogens is 678 g/mol. The zero-order chi connectivity index (χ0) is 32.4. The molecule has 1 saturated heterocycles. The van der Waals surface area contributed by atoms with E-state index < -0.39 is 45.5 Å². The van der Waals surface area contributed by atoms with Crippen molar-refractivity contribution in [1.82, 2.24) is 14.6 Å². The number of anilines is 1. The Morgan fingerprint density at radius 1 is 1.07 bits per heavy atom. The Kier molecular flexibility index (Phi) is 10.5. The summed E-state index contributed by atoms with van der Waals surface area (Å²) in [5.41, 5.74) is -0.751. The zero-order valence-corrected chi connectivity index (χ0v) is 27.0. The van der Waals surface area contributed by atoms with E-state index in [1.165, 1.54) is 37.5 Å². The minimum absolute atomic E-state index is 0.0510. The van der Waals surface area contributed by atoms with Gasteiger partial charge in [0.25, 0.3) is 5.91 Å². The average Bonchev–Trinajstić information content (AvgIpc) is 3.28. The molecule has 2 heterocycles. The molecule has 0 aliphatic carbocycles. The van der Waals surface area contributed by atoms with Gasteiger partial charge in [0.2, 0.25) is 15.9 Å². The average molecular weight is 704 g/mol. The first kappa shape index (κ1) is 33.9. The molecule has 44 heavy (non-hydrogen) atoms. The van der Waals surface area contributed by atoms with Gasteiger partial charge in [0.05, 0.1) is 33.2 Å². The number of carbonyl (C=O) groups excluding carboxylic acids is 3. The van der Waals surface area contributed by atoms with E-state index in [4.69, 9.17) is 51.1 Å². The van der Waals surface area contributed by atoms with E-state index in [1.54, 1.807) is 24.3 Å². The number of nitrogens with one attached hydrogen (secondary N) is 2. The van der Waals surface area contributed by atoms with Crippen LogP contribution in [0.4, 0.5) is 5.69 Å². The van der Waals surface area contributed by atoms with Crippen LogP contribution in [0.2, 0.25) is 20.1 Å². The summed E-state index contributed by atoms with van der Waals surface area (Å²) in [7, 11) is -3.20. The minimum atomic E-state index is -4.34. The van der Waals surface area contributed by atoms with Crippen LogP contribution in [-0.2, 0) is 30.8 Å². The molecule has 1 aromatic heterocycles. The lowest BCUT2D eigenvalue weighted by molar-refractivity contribution is -0.146. The van der Waals surface area contributed by atoms with Crippen LogP contribution in [0.1, 0.15) is 29.3 Å². The van der Waals surface area contributed by atoms with Crippen LogP contribution < -0.4 is 10.6 Å². The van der Waals surface area contributed by atoms with E-state index in [0.717, 1.165) is 11.4 Å². The predicted octanol–water partition coefficient (Wildman–Crippen LogP) is 4.36. The highest BCUT2D eigenvalue weighted by atomic mass is 35.5. The third-order valence-electron chi connectivity index (χ3n) is 6.94. The van der Waals surface area contributed by atoms with Crippen molar-refractivity contribution in [3.8, 4) is 0 Å². The number of hydrogen-bond acceptors (Lipinski definition) is 8. The lowest BCUT2D eigenvalue weighted by Crippen LogP contribution is -2.57. The molecule has 0 bridgehead atoms. The van der Waals surface area contributed by atoms with Gasteiger partial charge in [-0.3, -0.25) is 14.6 Å². The zero-order valence-electron chi connectivity index (χ0n) is 23.2. The summed E-state index contributed by atoms with van der Waals surface area (Å²) in [5, 5.41) is 16.5. The molecule has 4 rings (SSSR count). The van der Waals surface area contributed by atoms with Gasteiger partial charge in [-0.1, -0.05) is 58.5 Å². The van der Waals surface area contributed by atoms with Crippen molar-refractivity contribution in [2.24, 2.45) is 0 Å². The number of benzene rings is 2. The predicted molar refractivity (Wildman–Crippen MR) is 166 cm³/mol. The lowest BCUT2D eigenvalue weighted by atomic mass is 9.96. The second-order valence-corrected chi connectivity index (χ2v) is 13.7. The van der Waals surface area contributed by atoms with Crippen LogP contribution >= 0.6 is 46.4 Å². The van der Waals surface area contributed by atoms with Gasteiger partial charge in [-0.15, -0.1) is 0 Å². The standard InChI is InChI=1S/C28H26Cl4N4O7S/c1-28(40)7-8-36(44(41,42)19-11-16(29)10-17(30)12-19)24(28)26(38)35-22(27(39)43-2)9-15-3-5-18(6-4-15)34-25(37)23-20(31)13-33-14-21(23)32/h3-6,10-14,22,24,40H,7-9H2,1-2H3,(H,34,37)(H,35,38)/t22-,24+,28?/m0/s1. The van der Waals surface area contributed by atoms with Gasteiger partial charge in [-0.25, -0.2) is 13.2 Å². The van der Waals surface area contributed by atoms with Crippen molar-refractivity contribution >= 4 is 79.9 Å². The Morgan fingerprint density at radius 3 is 2.23 bits per heavy atom. The fourth-order valence-corrected chi connectivity index (χ4v) is 7.71. The molecule has 1 unspecified atom stereocenters. The summed E-state index contributed by atoms with van der Waals surface area (Å²) in [6, 6.07) is 7.27. The van der Waals surface area contributed by atoms with Crippen LogP contribution in [0.5, 0.6) is 0 Å². The molecule has 1 aliphatic rings. The normalized spacial score (nSPS) is 19.3. The van der Waals surface area contributed by atoms with E-state index in [-0.39, 0.29) is 49.9 Å². The van der Waals surface area contributed by atoms with Gasteiger partial charge < -0.3 is 20.5 Å². The number of amides is 2. The molecule has 0 saturated carbocycles. The molecule has 2 aromatic carbocycles. The van der Waals surface area contributed by atoms with Gasteiger partial charge in [-0.2, -0.15) is 4.31 Å². The molecule has 0 radical (unpaired) electrons. The van der Waals surface area contributed by atoms with Gasteiger partial charge in [0.15, 0.2) is 0 Å². The fraction of sp³-hybridized carbons (Fsp3) is 0.286. The maximum atomic E-state index is 13.6. The molecule has 3 atom stereocenters. The third kappa shape index (κ3) is 7.45. The first-order valence-corrected chi connectivity index (χ1v) is 15.9. The van der Waals surface area contributed by atoms with Crippen LogP contribution in [0.3, 0.4) is 0 Å². The molecule has 2 amide bonds. The van der Waals surface area contributed by atoms with Crippen molar-refractivity contribution < 1.29 is 32.6 Å². The molecule has 16 heteroatoms. The molecule has 1 fully saturated rings. The number of carbonyl (C=O) groups is 3. The molecule has 3 aromatic rings. The van der Waals surface area contributed by atoms with Crippen molar-refractivity contribution in [1.29, 1.82) is 0 Å². The number of ether oxygens (including phenoxy) is 1. The maximum absolute atomic E-state index is 13.6. The van der Waals surface area contributed by atoms with E-state index in [2.05, 4.69) is 15.6 Å². The highest BCUT2D eigenvalue weighted by Crippen LogP contribution is 2.35. The van der Waals surface area contributed by atoms with E-state index in [9.17, 15) is 27.9 Å². The first-order valence-electron chi connectivity index (χ1n) is 12.9. The monoisotopic (exact) mass is 702 g/mol. The minimum Gasteiger partial charge on any atom is -0.467 e. The van der Waals surface area contributed by atoms with E-state index >= 15 is 0 Å². The SMILES string of the molecule is COC(=O)[C@H](Cc1ccc(NC(=O)c2c(Cl)cncc2Cl)cc1)NC(=O)[C@H]1N(S(=O)(=O)c2cc(Cl)cc(Cl)c2)CCC1(C)O. The number of hydrogen-bond donors (Lipinski definition) is 3. The summed E-state index contributed by atoms with van der Waals surface area (Å²) in [6.07, 6.45) is 2.48. The number of esters is 1. The highest BCUT2D eigenvalue weighted by molar-refractivity contribution is 7.89. The van der Waals surface area contributed by atoms with Crippen molar-refractivity contribution in [2.75, 3.05) is 19.0 Å². The number of pyridine rings is 1. The quantitative estimate of drug-likeness (QED) is 0.278. The molecule has 11 nitrogen and oxygen atoms in total. The number of aliphatic hydroxyl groups is 1.